The number of carbonyl (C=O) groups excluding carboxylic acids is 1. The van der Waals surface area contributed by atoms with Gasteiger partial charge in [0.15, 0.2) is 6.29 Å². The highest BCUT2D eigenvalue weighted by atomic mass is 16.7. The third-order valence-electron chi connectivity index (χ3n) is 11.7. The SMILES string of the molecule is C[C@H]1O[C@@H](O[C@H]2CC[C@@]3(C)[C@H](CC[C@@]45O[C@@]46CC=C(C4=CC(=O)OC4)[C@@]6(C)CC[C@H]35)C2)C[C@@H](O)[C@H]1O. The molecule has 7 rings (SSSR count). The van der Waals surface area contributed by atoms with Crippen molar-refractivity contribution in [1.82, 2.24) is 0 Å². The molecule has 36 heavy (non-hydrogen) atoms. The summed E-state index contributed by atoms with van der Waals surface area (Å²) in [4.78, 5) is 11.8. The maximum atomic E-state index is 11.8. The highest BCUT2D eigenvalue weighted by molar-refractivity contribution is 5.87. The van der Waals surface area contributed by atoms with Crippen molar-refractivity contribution >= 4 is 5.97 Å². The Kier molecular flexibility index (Phi) is 5.07. The highest BCUT2D eigenvalue weighted by Crippen LogP contribution is 2.80. The van der Waals surface area contributed by atoms with E-state index in [-0.39, 0.29) is 34.1 Å². The van der Waals surface area contributed by atoms with Crippen molar-refractivity contribution in [2.24, 2.45) is 22.7 Å². The lowest BCUT2D eigenvalue weighted by Crippen LogP contribution is -2.58. The van der Waals surface area contributed by atoms with E-state index in [4.69, 9.17) is 18.9 Å². The summed E-state index contributed by atoms with van der Waals surface area (Å²) < 4.78 is 24.5. The number of aliphatic hydroxyl groups excluding tert-OH is 2. The summed E-state index contributed by atoms with van der Waals surface area (Å²) in [7, 11) is 0. The minimum absolute atomic E-state index is 0.0484. The quantitative estimate of drug-likeness (QED) is 0.347. The molecule has 4 aliphatic carbocycles. The number of cyclic esters (lactones) is 1. The molecular formula is C29H40O7. The minimum Gasteiger partial charge on any atom is -0.458 e. The fourth-order valence-electron chi connectivity index (χ4n) is 9.78. The second kappa shape index (κ2) is 7.66. The standard InChI is InChI=1S/C29H40O7/c1-16-25(32)21(30)14-24(34-16)35-19-5-8-26(2)18(13-19)4-10-28-22(26)7-9-27(3)20(6-11-29(27,28)36-28)17-12-23(31)33-15-17/h6,12,16,18-19,21-22,24-25,30,32H,4-5,7-11,13-15H2,1-3H3/t16-,18-,19+,21-,22-,24+,25+,26+,27-,28+,29-/m1/s1. The Hall–Kier alpha value is -1.25. The van der Waals surface area contributed by atoms with Crippen LogP contribution in [0, 0.1) is 22.7 Å². The second-order valence-corrected chi connectivity index (χ2v) is 13.2. The zero-order valence-electron chi connectivity index (χ0n) is 21.7. The predicted octanol–water partition coefficient (Wildman–Crippen LogP) is 3.57. The van der Waals surface area contributed by atoms with Gasteiger partial charge in [-0.1, -0.05) is 19.9 Å². The lowest BCUT2D eigenvalue weighted by atomic mass is 9.44. The molecular weight excluding hydrogens is 460 g/mol. The number of hydrogen-bond donors (Lipinski definition) is 2. The Balaban J connectivity index is 1.07. The molecule has 5 fully saturated rings. The topological polar surface area (TPSA) is 97.8 Å². The molecule has 2 spiro atoms. The van der Waals surface area contributed by atoms with Crippen molar-refractivity contribution in [3.05, 3.63) is 23.3 Å². The van der Waals surface area contributed by atoms with Gasteiger partial charge in [-0.2, -0.15) is 0 Å². The molecule has 0 unspecified atom stereocenters. The molecule has 7 heteroatoms. The number of ether oxygens (including phenoxy) is 4. The molecule has 11 atom stereocenters. The lowest BCUT2D eigenvalue weighted by Gasteiger charge is -2.58. The predicted molar refractivity (Wildman–Crippen MR) is 130 cm³/mol. The first-order valence-corrected chi connectivity index (χ1v) is 14.1. The Labute approximate surface area is 213 Å². The van der Waals surface area contributed by atoms with Crippen molar-refractivity contribution < 1.29 is 34.0 Å². The lowest BCUT2D eigenvalue weighted by molar-refractivity contribution is -0.268. The van der Waals surface area contributed by atoms with Crippen LogP contribution in [-0.2, 0) is 23.7 Å². The molecule has 2 N–H and O–H groups in total. The smallest absolute Gasteiger partial charge is 0.331 e. The molecule has 3 saturated carbocycles. The summed E-state index contributed by atoms with van der Waals surface area (Å²) in [6, 6.07) is 0. The monoisotopic (exact) mass is 500 g/mol. The third kappa shape index (κ3) is 2.95. The molecule has 2 saturated heterocycles. The van der Waals surface area contributed by atoms with Crippen molar-refractivity contribution in [3.8, 4) is 0 Å². The van der Waals surface area contributed by atoms with Gasteiger partial charge in [-0.05, 0) is 81.1 Å². The summed E-state index contributed by atoms with van der Waals surface area (Å²) in [5.74, 6) is 0.914. The Bertz CT molecular complexity index is 1020. The van der Waals surface area contributed by atoms with Gasteiger partial charge in [0.2, 0.25) is 0 Å². The number of epoxide rings is 1. The summed E-state index contributed by atoms with van der Waals surface area (Å²) in [6.07, 6.45) is 10.5. The van der Waals surface area contributed by atoms with Crippen LogP contribution in [-0.4, -0.2) is 64.7 Å². The molecule has 0 aromatic heterocycles. The fourth-order valence-corrected chi connectivity index (χ4v) is 9.78. The number of rotatable bonds is 3. The van der Waals surface area contributed by atoms with Crippen molar-refractivity contribution in [3.63, 3.8) is 0 Å². The number of carbonyl (C=O) groups is 1. The molecule has 0 aromatic carbocycles. The van der Waals surface area contributed by atoms with E-state index in [0.717, 1.165) is 56.9 Å². The first kappa shape index (κ1) is 23.8. The van der Waals surface area contributed by atoms with Crippen molar-refractivity contribution in [1.29, 1.82) is 0 Å². The van der Waals surface area contributed by atoms with Crippen LogP contribution in [0.5, 0.6) is 0 Å². The Morgan fingerprint density at radius 1 is 1.08 bits per heavy atom. The number of hydrogen-bond acceptors (Lipinski definition) is 7. The molecule has 3 heterocycles. The maximum Gasteiger partial charge on any atom is 0.331 e. The van der Waals surface area contributed by atoms with Gasteiger partial charge in [0.1, 0.15) is 23.9 Å². The van der Waals surface area contributed by atoms with Crippen LogP contribution in [0.3, 0.4) is 0 Å². The van der Waals surface area contributed by atoms with Gasteiger partial charge in [0.05, 0.1) is 18.3 Å². The molecule has 0 bridgehead atoms. The molecule has 198 valence electrons. The minimum atomic E-state index is -0.847. The van der Waals surface area contributed by atoms with Gasteiger partial charge in [-0.15, -0.1) is 0 Å². The van der Waals surface area contributed by atoms with Crippen molar-refractivity contribution in [2.75, 3.05) is 6.61 Å². The Morgan fingerprint density at radius 2 is 1.92 bits per heavy atom. The van der Waals surface area contributed by atoms with Gasteiger partial charge in [0, 0.05) is 23.5 Å². The van der Waals surface area contributed by atoms with Crippen LogP contribution in [0.25, 0.3) is 0 Å². The largest absolute Gasteiger partial charge is 0.458 e. The van der Waals surface area contributed by atoms with Gasteiger partial charge < -0.3 is 29.2 Å². The summed E-state index contributed by atoms with van der Waals surface area (Å²) in [5.41, 5.74) is 2.35. The van der Waals surface area contributed by atoms with E-state index in [2.05, 4.69) is 19.9 Å². The highest BCUT2D eigenvalue weighted by Gasteiger charge is 2.85. The molecule has 0 radical (unpaired) electrons. The zero-order chi connectivity index (χ0) is 25.1. The van der Waals surface area contributed by atoms with E-state index in [0.29, 0.717) is 24.9 Å². The van der Waals surface area contributed by atoms with Crippen LogP contribution in [0.4, 0.5) is 0 Å². The van der Waals surface area contributed by atoms with Crippen LogP contribution >= 0.6 is 0 Å². The summed E-state index contributed by atoms with van der Waals surface area (Å²) in [6.45, 7) is 7.07. The molecule has 0 amide bonds. The number of aliphatic hydroxyl groups is 2. The van der Waals surface area contributed by atoms with E-state index in [1.165, 1.54) is 5.57 Å². The second-order valence-electron chi connectivity index (χ2n) is 13.2. The van der Waals surface area contributed by atoms with Crippen LogP contribution < -0.4 is 0 Å². The van der Waals surface area contributed by atoms with Crippen LogP contribution in [0.15, 0.2) is 23.3 Å². The average Bonchev–Trinajstić information content (AvgIpc) is 3.14. The summed E-state index contributed by atoms with van der Waals surface area (Å²) in [5, 5.41) is 20.2. The first-order chi connectivity index (χ1) is 17.1. The first-order valence-electron chi connectivity index (χ1n) is 14.1. The van der Waals surface area contributed by atoms with E-state index < -0.39 is 24.6 Å². The summed E-state index contributed by atoms with van der Waals surface area (Å²) >= 11 is 0. The van der Waals surface area contributed by atoms with Gasteiger partial charge in [-0.3, -0.25) is 0 Å². The average molecular weight is 501 g/mol. The fraction of sp³-hybridized carbons (Fsp3) is 0.828. The van der Waals surface area contributed by atoms with Gasteiger partial charge in [-0.25, -0.2) is 4.79 Å². The van der Waals surface area contributed by atoms with Crippen LogP contribution in [0.2, 0.25) is 0 Å². The molecule has 7 nitrogen and oxygen atoms in total. The normalized spacial score (nSPS) is 55.5. The number of fused-ring (bicyclic) bond motifs is 2. The van der Waals surface area contributed by atoms with Crippen LogP contribution in [0.1, 0.15) is 78.6 Å². The Morgan fingerprint density at radius 3 is 2.67 bits per heavy atom. The number of esters is 1. The van der Waals surface area contributed by atoms with E-state index in [1.54, 1.807) is 13.0 Å². The zero-order valence-corrected chi connectivity index (χ0v) is 21.7. The van der Waals surface area contributed by atoms with E-state index >= 15 is 0 Å². The van der Waals surface area contributed by atoms with E-state index in [1.807, 2.05) is 0 Å². The molecule has 3 aliphatic heterocycles. The van der Waals surface area contributed by atoms with Crippen molar-refractivity contribution in [2.45, 2.75) is 120 Å². The van der Waals surface area contributed by atoms with E-state index in [9.17, 15) is 15.0 Å². The molecule has 0 aromatic rings. The van der Waals surface area contributed by atoms with Gasteiger partial charge >= 0.3 is 5.97 Å². The van der Waals surface area contributed by atoms with Gasteiger partial charge in [0.25, 0.3) is 0 Å². The third-order valence-corrected chi connectivity index (χ3v) is 11.7. The maximum absolute atomic E-state index is 11.8. The molecule has 7 aliphatic rings.